The van der Waals surface area contributed by atoms with Crippen LogP contribution in [0.5, 0.6) is 0 Å². The summed E-state index contributed by atoms with van der Waals surface area (Å²) in [5.41, 5.74) is 1.37. The summed E-state index contributed by atoms with van der Waals surface area (Å²) in [6.07, 6.45) is 5.98. The standard InChI is InChI=1S/C9H9Br2N/c10-8-4-9(11)12-5-7(8)6-2-1-3-6/h4-6H,1-3H2. The van der Waals surface area contributed by atoms with Gasteiger partial charge in [0.1, 0.15) is 4.60 Å². The molecule has 1 aliphatic rings. The Labute approximate surface area is 88.8 Å². The molecule has 2 rings (SSSR count). The number of hydrogen-bond acceptors (Lipinski definition) is 1. The van der Waals surface area contributed by atoms with Gasteiger partial charge < -0.3 is 0 Å². The molecule has 1 aromatic heterocycles. The first-order valence-corrected chi connectivity index (χ1v) is 5.67. The van der Waals surface area contributed by atoms with Gasteiger partial charge in [0.25, 0.3) is 0 Å². The molecule has 1 fully saturated rings. The molecule has 0 unspecified atom stereocenters. The Balaban J connectivity index is 2.31. The third kappa shape index (κ3) is 1.57. The van der Waals surface area contributed by atoms with Gasteiger partial charge in [-0.3, -0.25) is 0 Å². The van der Waals surface area contributed by atoms with Crippen LogP contribution in [0.15, 0.2) is 21.3 Å². The monoisotopic (exact) mass is 289 g/mol. The Hall–Kier alpha value is 0.110. The number of hydrogen-bond donors (Lipinski definition) is 0. The number of aromatic nitrogens is 1. The van der Waals surface area contributed by atoms with Gasteiger partial charge in [0.2, 0.25) is 0 Å². The van der Waals surface area contributed by atoms with Crippen molar-refractivity contribution < 1.29 is 0 Å². The first kappa shape index (κ1) is 8.70. The fourth-order valence-corrected chi connectivity index (χ4v) is 2.72. The lowest BCUT2D eigenvalue weighted by molar-refractivity contribution is 0.417. The quantitative estimate of drug-likeness (QED) is 0.716. The van der Waals surface area contributed by atoms with E-state index in [2.05, 4.69) is 36.8 Å². The second-order valence-electron chi connectivity index (χ2n) is 3.16. The maximum atomic E-state index is 4.23. The van der Waals surface area contributed by atoms with Crippen LogP contribution in [0.4, 0.5) is 0 Å². The van der Waals surface area contributed by atoms with Crippen LogP contribution in [0, 0.1) is 0 Å². The van der Waals surface area contributed by atoms with Crippen LogP contribution in [-0.2, 0) is 0 Å². The van der Waals surface area contributed by atoms with E-state index in [9.17, 15) is 0 Å². The fourth-order valence-electron chi connectivity index (χ4n) is 1.44. The zero-order chi connectivity index (χ0) is 8.55. The van der Waals surface area contributed by atoms with E-state index in [1.54, 1.807) is 0 Å². The molecule has 1 aromatic rings. The van der Waals surface area contributed by atoms with Crippen molar-refractivity contribution in [3.63, 3.8) is 0 Å². The number of pyridine rings is 1. The maximum absolute atomic E-state index is 4.23. The average molecular weight is 291 g/mol. The van der Waals surface area contributed by atoms with E-state index in [1.165, 1.54) is 29.3 Å². The average Bonchev–Trinajstić information content (AvgIpc) is 1.91. The van der Waals surface area contributed by atoms with Crippen molar-refractivity contribution in [2.75, 3.05) is 0 Å². The molecule has 3 heteroatoms. The van der Waals surface area contributed by atoms with E-state index in [0.717, 1.165) is 10.5 Å². The van der Waals surface area contributed by atoms with Gasteiger partial charge in [-0.1, -0.05) is 22.4 Å². The first-order chi connectivity index (χ1) is 5.77. The maximum Gasteiger partial charge on any atom is 0.107 e. The van der Waals surface area contributed by atoms with Crippen molar-refractivity contribution in [2.24, 2.45) is 0 Å². The summed E-state index contributed by atoms with van der Waals surface area (Å²) in [5, 5.41) is 0. The van der Waals surface area contributed by atoms with Crippen LogP contribution in [0.1, 0.15) is 30.7 Å². The van der Waals surface area contributed by atoms with Crippen LogP contribution in [-0.4, -0.2) is 4.98 Å². The highest BCUT2D eigenvalue weighted by Crippen LogP contribution is 2.39. The van der Waals surface area contributed by atoms with Gasteiger partial charge in [0, 0.05) is 10.7 Å². The van der Waals surface area contributed by atoms with Gasteiger partial charge in [-0.2, -0.15) is 0 Å². The smallest absolute Gasteiger partial charge is 0.107 e. The second kappa shape index (κ2) is 3.46. The van der Waals surface area contributed by atoms with E-state index in [1.807, 2.05) is 12.3 Å². The van der Waals surface area contributed by atoms with Crippen molar-refractivity contribution in [2.45, 2.75) is 25.2 Å². The molecule has 0 spiro atoms. The molecule has 1 saturated carbocycles. The molecule has 12 heavy (non-hydrogen) atoms. The summed E-state index contributed by atoms with van der Waals surface area (Å²) < 4.78 is 2.09. The summed E-state index contributed by atoms with van der Waals surface area (Å²) in [7, 11) is 0. The van der Waals surface area contributed by atoms with Gasteiger partial charge in [-0.15, -0.1) is 0 Å². The number of rotatable bonds is 1. The van der Waals surface area contributed by atoms with Crippen LogP contribution >= 0.6 is 31.9 Å². The summed E-state index contributed by atoms with van der Waals surface area (Å²) >= 11 is 6.90. The van der Waals surface area contributed by atoms with Crippen molar-refractivity contribution in [3.05, 3.63) is 26.9 Å². The minimum absolute atomic E-state index is 0.750. The molecule has 0 aliphatic heterocycles. The Kier molecular flexibility index (Phi) is 2.51. The molecule has 64 valence electrons. The van der Waals surface area contributed by atoms with Crippen LogP contribution in [0.2, 0.25) is 0 Å². The normalized spacial score (nSPS) is 17.5. The first-order valence-electron chi connectivity index (χ1n) is 4.08. The molecule has 1 aliphatic carbocycles. The van der Waals surface area contributed by atoms with Gasteiger partial charge in [-0.25, -0.2) is 4.98 Å². The lowest BCUT2D eigenvalue weighted by Crippen LogP contribution is -2.09. The minimum atomic E-state index is 0.750. The van der Waals surface area contributed by atoms with Gasteiger partial charge in [0.05, 0.1) is 0 Å². The summed E-state index contributed by atoms with van der Waals surface area (Å²) in [6.45, 7) is 0. The summed E-state index contributed by atoms with van der Waals surface area (Å²) in [5.74, 6) is 0.750. The van der Waals surface area contributed by atoms with E-state index >= 15 is 0 Å². The van der Waals surface area contributed by atoms with Crippen LogP contribution in [0.3, 0.4) is 0 Å². The highest BCUT2D eigenvalue weighted by atomic mass is 79.9. The third-order valence-electron chi connectivity index (χ3n) is 2.39. The lowest BCUT2D eigenvalue weighted by atomic mass is 9.81. The molecular formula is C9H9Br2N. The molecule has 1 heterocycles. The summed E-state index contributed by atoms with van der Waals surface area (Å²) in [6, 6.07) is 2.02. The highest BCUT2D eigenvalue weighted by Gasteiger charge is 2.21. The Morgan fingerprint density at radius 2 is 2.08 bits per heavy atom. The van der Waals surface area contributed by atoms with Gasteiger partial charge in [-0.05, 0) is 46.3 Å². The predicted molar refractivity (Wildman–Crippen MR) is 56.2 cm³/mol. The van der Waals surface area contributed by atoms with Crippen molar-refractivity contribution in [3.8, 4) is 0 Å². The number of nitrogens with zero attached hydrogens (tertiary/aromatic N) is 1. The number of halogens is 2. The van der Waals surface area contributed by atoms with Gasteiger partial charge >= 0.3 is 0 Å². The van der Waals surface area contributed by atoms with Crippen LogP contribution < -0.4 is 0 Å². The fraction of sp³-hybridized carbons (Fsp3) is 0.444. The van der Waals surface area contributed by atoms with E-state index < -0.39 is 0 Å². The highest BCUT2D eigenvalue weighted by molar-refractivity contribution is 9.11. The zero-order valence-corrected chi connectivity index (χ0v) is 9.73. The second-order valence-corrected chi connectivity index (χ2v) is 4.82. The molecule has 0 radical (unpaired) electrons. The van der Waals surface area contributed by atoms with E-state index in [0.29, 0.717) is 0 Å². The summed E-state index contributed by atoms with van der Waals surface area (Å²) in [4.78, 5) is 4.23. The third-order valence-corrected chi connectivity index (χ3v) is 3.51. The molecule has 0 N–H and O–H groups in total. The molecule has 0 atom stereocenters. The molecular weight excluding hydrogens is 282 g/mol. The Morgan fingerprint density at radius 1 is 1.33 bits per heavy atom. The molecule has 0 amide bonds. The SMILES string of the molecule is Brc1cc(Br)c(C2CCC2)cn1. The van der Waals surface area contributed by atoms with Crippen molar-refractivity contribution in [1.29, 1.82) is 0 Å². The Morgan fingerprint density at radius 3 is 2.58 bits per heavy atom. The molecule has 0 saturated heterocycles. The van der Waals surface area contributed by atoms with Crippen LogP contribution in [0.25, 0.3) is 0 Å². The zero-order valence-electron chi connectivity index (χ0n) is 6.56. The lowest BCUT2D eigenvalue weighted by Gasteiger charge is -2.26. The molecule has 0 aromatic carbocycles. The molecule has 1 nitrogen and oxygen atoms in total. The Bertz CT molecular complexity index is 295. The minimum Gasteiger partial charge on any atom is -0.249 e. The van der Waals surface area contributed by atoms with E-state index in [4.69, 9.17) is 0 Å². The van der Waals surface area contributed by atoms with Crippen molar-refractivity contribution >= 4 is 31.9 Å². The van der Waals surface area contributed by atoms with E-state index in [-0.39, 0.29) is 0 Å². The molecule has 0 bridgehead atoms. The predicted octanol–water partition coefficient (Wildman–Crippen LogP) is 3.87. The largest absolute Gasteiger partial charge is 0.249 e. The van der Waals surface area contributed by atoms with Crippen molar-refractivity contribution in [1.82, 2.24) is 4.98 Å². The van der Waals surface area contributed by atoms with Gasteiger partial charge in [0.15, 0.2) is 0 Å². The topological polar surface area (TPSA) is 12.9 Å².